The average molecular weight is 1880 g/mol. The van der Waals surface area contributed by atoms with E-state index in [-0.39, 0.29) is 77.9 Å². The number of aliphatic hydroxyl groups is 1. The molecule has 0 fully saturated rings. The molecule has 586 valence electrons. The van der Waals surface area contributed by atoms with Crippen molar-refractivity contribution in [2.24, 2.45) is 0 Å². The number of hydrogen-bond acceptors (Lipinski definition) is 7. The van der Waals surface area contributed by atoms with Crippen molar-refractivity contribution in [1.29, 1.82) is 0 Å². The Morgan fingerprint density at radius 1 is 0.289 bits per heavy atom. The molecule has 3 atom stereocenters. The summed E-state index contributed by atoms with van der Waals surface area (Å²) in [7, 11) is -1.44. The van der Waals surface area contributed by atoms with Gasteiger partial charge in [0.2, 0.25) is 0 Å². The van der Waals surface area contributed by atoms with Gasteiger partial charge < -0.3 is 15.2 Å². The number of halogens is 7. The maximum atomic E-state index is 13.5. The third-order valence-corrected chi connectivity index (χ3v) is 19.0. The molecule has 0 radical (unpaired) electrons. The van der Waals surface area contributed by atoms with Crippen LogP contribution in [0.3, 0.4) is 0 Å². The Bertz CT molecular complexity index is 4460. The average Bonchev–Trinajstić information content (AvgIpc) is 0.819. The number of benzene rings is 14. The predicted octanol–water partition coefficient (Wildman–Crippen LogP) is 23.6. The number of aromatic nitrogens is 4. The first-order chi connectivity index (χ1) is 53.4. The van der Waals surface area contributed by atoms with E-state index in [1.54, 1.807) is 24.5 Å². The molecule has 0 saturated heterocycles. The minimum absolute atomic E-state index is 0. The van der Waals surface area contributed by atoms with Crippen molar-refractivity contribution < 1.29 is 53.1 Å². The van der Waals surface area contributed by atoms with Crippen molar-refractivity contribution in [2.75, 3.05) is 7.11 Å². The van der Waals surface area contributed by atoms with Gasteiger partial charge in [-0.25, -0.2) is 37.5 Å². The molecule has 20 heteroatoms. The molecule has 114 heavy (non-hydrogen) atoms. The molecular formula is C94H89BBr3F4N4O3P4Pd-. The van der Waals surface area contributed by atoms with E-state index in [2.05, 4.69) is 359 Å². The molecule has 0 aliphatic carbocycles. The maximum absolute atomic E-state index is 13.5. The number of aliphatic hydroxyl groups excluding tert-OH is 1. The van der Waals surface area contributed by atoms with Crippen LogP contribution in [0.25, 0.3) is 55.9 Å². The molecule has 0 spiro atoms. The molecule has 16 aromatic rings. The van der Waals surface area contributed by atoms with Gasteiger partial charge in [0.1, 0.15) is 0 Å². The third-order valence-electron chi connectivity index (χ3n) is 14.9. The Hall–Kier alpha value is -9.27. The predicted molar refractivity (Wildman–Crippen MR) is 495 cm³/mol. The monoisotopic (exact) mass is 1880 g/mol. The first-order valence-electron chi connectivity index (χ1n) is 34.0. The summed E-state index contributed by atoms with van der Waals surface area (Å²) < 4.78 is 52.8. The molecule has 0 bridgehead atoms. The van der Waals surface area contributed by atoms with Gasteiger partial charge in [-0.15, -0.1) is 0 Å². The molecule has 0 saturated carbocycles. The Kier molecular flexibility index (Phi) is 53.3. The molecule has 0 aliphatic rings. The zero-order valence-electron chi connectivity index (χ0n) is 61.7. The van der Waals surface area contributed by atoms with Gasteiger partial charge in [-0.05, 0) is 146 Å². The van der Waals surface area contributed by atoms with Crippen molar-refractivity contribution in [3.63, 3.8) is 0 Å². The van der Waals surface area contributed by atoms with Crippen LogP contribution in [0.2, 0.25) is 0 Å². The summed E-state index contributed by atoms with van der Waals surface area (Å²) in [6, 6.07) is 136. The van der Waals surface area contributed by atoms with E-state index in [4.69, 9.17) is 15.2 Å². The topological polar surface area (TPSA) is 112 Å². The summed E-state index contributed by atoms with van der Waals surface area (Å²) in [5.74, 6) is -4.09. The van der Waals surface area contributed by atoms with Crippen LogP contribution in [-0.4, -0.2) is 49.3 Å². The maximum Gasteiger partial charge on any atom is 0.491 e. The fourth-order valence-corrected chi connectivity index (χ4v) is 12.9. The molecule has 2 heterocycles. The number of nitrogens with zero attached hydrogens (tertiary/aromatic N) is 4. The van der Waals surface area contributed by atoms with Crippen LogP contribution in [0.5, 0.6) is 0 Å². The smallest absolute Gasteiger partial charge is 0.423 e. The standard InChI is InChI=1S/C18H15P.4C12H10.C10H5BrF2N2.C6H4BBrF2O2.C6H5.C4H3BrN2.CH4O.CH4.3H3P.Pd/c1-4-10-16(11-5-1)19(17-12-6-2-7-13-17)18-14-8-3-9-15-18;4*1-3-7-11(8-4-1)12-9-5-2-6-10-12;11-7-3-2-6(8(12)9(7)13)10-14-4-1-5-15-10;8-4-2-1-3(7(11)12)5(9)6(4)10;1-2-4-6-5-3-1;5-4-6-2-1-3-7-4;1-2;;;;;/h1-15H;4*1-10H;1-5H;1-2,11-12H;1-5H;1-3H;2H,1H3;1H4;3*1H3;/q;;;;;;;-1;;;;;;;. The SMILES string of the molecule is Brc1ncccn1.C.CO.Fc1c(Br)ccc(-c2ncccn2)c1F.OB(O)c1ccc(Br)c(F)c1F.P.P.P.[Pd].[c-]1ccccc1.c1ccc(-c2ccccc2)cc1.c1ccc(-c2ccccc2)cc1.c1ccc(-c2ccccc2)cc1.c1ccc(-c2ccccc2)cc1.c1ccc(P(c2ccccc2)c2ccccc2)cc1. The van der Waals surface area contributed by atoms with Crippen molar-refractivity contribution in [3.8, 4) is 55.9 Å². The Morgan fingerprint density at radius 3 is 0.737 bits per heavy atom. The van der Waals surface area contributed by atoms with Crippen molar-refractivity contribution in [1.82, 2.24) is 19.9 Å². The second-order valence-electron chi connectivity index (χ2n) is 22.3. The summed E-state index contributed by atoms with van der Waals surface area (Å²) in [6.45, 7) is 0. The molecule has 3 unspecified atom stereocenters. The normalized spacial score (nSPS) is 9.26. The van der Waals surface area contributed by atoms with Gasteiger partial charge in [0.05, 0.1) is 14.5 Å². The van der Waals surface area contributed by atoms with Crippen LogP contribution < -0.4 is 21.4 Å². The van der Waals surface area contributed by atoms with Crippen LogP contribution in [0.1, 0.15) is 7.43 Å². The number of hydrogen-bond donors (Lipinski definition) is 3. The molecule has 16 rings (SSSR count). The Labute approximate surface area is 719 Å². The first-order valence-corrected chi connectivity index (χ1v) is 37.7. The summed E-state index contributed by atoms with van der Waals surface area (Å²) in [5.41, 5.74) is 9.78. The van der Waals surface area contributed by atoms with E-state index in [0.717, 1.165) is 13.2 Å². The zero-order chi connectivity index (χ0) is 77.3. The van der Waals surface area contributed by atoms with E-state index in [1.807, 2.05) is 78.9 Å². The molecular weight excluding hydrogens is 1790 g/mol. The molecule has 14 aromatic carbocycles. The van der Waals surface area contributed by atoms with Crippen LogP contribution in [0.4, 0.5) is 17.6 Å². The first kappa shape index (κ1) is 101. The zero-order valence-corrected chi connectivity index (χ0v) is 73.1. The van der Waals surface area contributed by atoms with Crippen molar-refractivity contribution >= 4 is 114 Å². The molecule has 2 aromatic heterocycles. The van der Waals surface area contributed by atoms with Crippen LogP contribution in [0, 0.1) is 29.3 Å². The van der Waals surface area contributed by atoms with E-state index in [1.165, 1.54) is 91.0 Å². The minimum atomic E-state index is -1.99. The van der Waals surface area contributed by atoms with Crippen LogP contribution in [-0.2, 0) is 20.4 Å². The second-order valence-corrected chi connectivity index (χ2v) is 26.9. The van der Waals surface area contributed by atoms with Crippen molar-refractivity contribution in [2.45, 2.75) is 7.43 Å². The van der Waals surface area contributed by atoms with Gasteiger partial charge in [0.15, 0.2) is 33.8 Å². The fraction of sp³-hybridized carbons (Fsp3) is 0.0213. The van der Waals surface area contributed by atoms with Gasteiger partial charge in [-0.2, -0.15) is 66.1 Å². The van der Waals surface area contributed by atoms with Crippen molar-refractivity contribution in [3.05, 3.63) is 468 Å². The quantitative estimate of drug-likeness (QED) is 0.0330. The Balaban J connectivity index is 0.000000437. The van der Waals surface area contributed by atoms with Gasteiger partial charge in [0.25, 0.3) is 0 Å². The van der Waals surface area contributed by atoms with Gasteiger partial charge in [0, 0.05) is 57.8 Å². The molecule has 3 N–H and O–H groups in total. The van der Waals surface area contributed by atoms with E-state index in [0.29, 0.717) is 4.73 Å². The van der Waals surface area contributed by atoms with Gasteiger partial charge in [-0.1, -0.05) is 347 Å². The fourth-order valence-electron chi connectivity index (χ4n) is 9.72. The van der Waals surface area contributed by atoms with Crippen LogP contribution >= 0.6 is 85.4 Å². The Morgan fingerprint density at radius 2 is 0.518 bits per heavy atom. The van der Waals surface area contributed by atoms with E-state index in [9.17, 15) is 17.6 Å². The second kappa shape index (κ2) is 60.3. The van der Waals surface area contributed by atoms with Gasteiger partial charge >= 0.3 is 7.12 Å². The minimum Gasteiger partial charge on any atom is -0.423 e. The van der Waals surface area contributed by atoms with E-state index < -0.39 is 43.8 Å². The summed E-state index contributed by atoms with van der Waals surface area (Å²) in [5, 5.41) is 28.3. The third kappa shape index (κ3) is 36.5. The molecule has 0 aliphatic heterocycles. The molecule has 0 amide bonds. The number of rotatable bonds is 9. The van der Waals surface area contributed by atoms with Gasteiger partial charge in [-0.3, -0.25) is 0 Å². The summed E-state index contributed by atoms with van der Waals surface area (Å²) in [6.07, 6.45) is 6.30. The molecule has 7 nitrogen and oxygen atoms in total. The summed E-state index contributed by atoms with van der Waals surface area (Å²) in [4.78, 5) is 15.3. The summed E-state index contributed by atoms with van der Waals surface area (Å²) >= 11 is 8.74. The largest absolute Gasteiger partial charge is 0.491 e. The van der Waals surface area contributed by atoms with Crippen LogP contribution in [0.15, 0.2) is 439 Å². The van der Waals surface area contributed by atoms with E-state index >= 15 is 0 Å².